The first-order valence-corrected chi connectivity index (χ1v) is 10.4. The molecule has 1 N–H and O–H groups in total. The molecule has 0 unspecified atom stereocenters. The van der Waals surface area contributed by atoms with Crippen molar-refractivity contribution in [3.8, 4) is 11.4 Å². The number of nitrogens with zero attached hydrogens (tertiary/aromatic N) is 4. The van der Waals surface area contributed by atoms with E-state index >= 15 is 0 Å². The van der Waals surface area contributed by atoms with Gasteiger partial charge in [-0.3, -0.25) is 4.98 Å². The van der Waals surface area contributed by atoms with Crippen molar-refractivity contribution >= 4 is 40.1 Å². The molecule has 1 aromatic carbocycles. The molecule has 4 rings (SSSR count). The third-order valence-corrected chi connectivity index (χ3v) is 5.39. The van der Waals surface area contributed by atoms with E-state index in [0.717, 1.165) is 40.3 Å². The van der Waals surface area contributed by atoms with Crippen LogP contribution in [0.25, 0.3) is 22.3 Å². The van der Waals surface area contributed by atoms with Crippen LogP contribution in [0.1, 0.15) is 5.56 Å². The number of nitrogens with one attached hydrogen (secondary N) is 1. The van der Waals surface area contributed by atoms with E-state index in [0.29, 0.717) is 11.0 Å². The number of hydrogen-bond acceptors (Lipinski definition) is 6. The zero-order valence-corrected chi connectivity index (χ0v) is 16.6. The van der Waals surface area contributed by atoms with Crippen LogP contribution in [0.15, 0.2) is 67.1 Å². The molecule has 0 atom stereocenters. The highest BCUT2D eigenvalue weighted by Crippen LogP contribution is 2.24. The zero-order valence-electron chi connectivity index (χ0n) is 15.0. The molecule has 5 nitrogen and oxygen atoms in total. The molecule has 0 amide bonds. The minimum absolute atomic E-state index is 0.524. The maximum Gasteiger partial charge on any atom is 0.162 e. The molecule has 4 aromatic rings. The minimum Gasteiger partial charge on any atom is -0.369 e. The lowest BCUT2D eigenvalue weighted by Gasteiger charge is -2.11. The number of anilines is 1. The molecule has 0 aliphatic heterocycles. The lowest BCUT2D eigenvalue weighted by molar-refractivity contribution is 1.15. The molecule has 7 heteroatoms. The summed E-state index contributed by atoms with van der Waals surface area (Å²) in [6.07, 6.45) is 5.33. The Balaban J connectivity index is 1.44. The van der Waals surface area contributed by atoms with Gasteiger partial charge >= 0.3 is 0 Å². The molecule has 0 radical (unpaired) electrons. The second-order valence-electron chi connectivity index (χ2n) is 6.12. The Bertz CT molecular complexity index is 1060. The quantitative estimate of drug-likeness (QED) is 0.340. The van der Waals surface area contributed by atoms with E-state index in [9.17, 15) is 0 Å². The van der Waals surface area contributed by atoms with Crippen LogP contribution in [0.3, 0.4) is 0 Å². The number of para-hydroxylation sites is 1. The SMILES string of the molecule is Clc1ccc(CSCCNc2nc(-c3ccncc3)nc3ccccc23)cn1. The third kappa shape index (κ3) is 4.58. The number of benzene rings is 1. The summed E-state index contributed by atoms with van der Waals surface area (Å²) in [4.78, 5) is 17.6. The van der Waals surface area contributed by atoms with Crippen molar-refractivity contribution in [2.75, 3.05) is 17.6 Å². The van der Waals surface area contributed by atoms with Crippen molar-refractivity contribution < 1.29 is 0 Å². The highest BCUT2D eigenvalue weighted by Gasteiger charge is 2.09. The first-order chi connectivity index (χ1) is 13.8. The number of hydrogen-bond donors (Lipinski definition) is 1. The molecule has 3 aromatic heterocycles. The second kappa shape index (κ2) is 8.99. The summed E-state index contributed by atoms with van der Waals surface area (Å²) in [7, 11) is 0. The summed E-state index contributed by atoms with van der Waals surface area (Å²) in [5.41, 5.74) is 3.04. The Kier molecular flexibility index (Phi) is 5.99. The predicted octanol–water partition coefficient (Wildman–Crippen LogP) is 5.09. The Labute approximate surface area is 172 Å². The predicted molar refractivity (Wildman–Crippen MR) is 117 cm³/mol. The largest absolute Gasteiger partial charge is 0.369 e. The van der Waals surface area contributed by atoms with Gasteiger partial charge in [0.1, 0.15) is 11.0 Å². The summed E-state index contributed by atoms with van der Waals surface area (Å²) < 4.78 is 0. The highest BCUT2D eigenvalue weighted by atomic mass is 35.5. The Morgan fingerprint density at radius 3 is 2.64 bits per heavy atom. The van der Waals surface area contributed by atoms with E-state index in [1.165, 1.54) is 5.56 Å². The Hall–Kier alpha value is -2.70. The summed E-state index contributed by atoms with van der Waals surface area (Å²) in [5.74, 6) is 3.40. The molecule has 3 heterocycles. The number of fused-ring (bicyclic) bond motifs is 1. The number of halogens is 1. The fourth-order valence-corrected chi connectivity index (χ4v) is 3.67. The van der Waals surface area contributed by atoms with Gasteiger partial charge < -0.3 is 5.32 Å². The molecule has 0 aliphatic carbocycles. The number of thioether (sulfide) groups is 1. The molecule has 140 valence electrons. The lowest BCUT2D eigenvalue weighted by Crippen LogP contribution is -2.08. The van der Waals surface area contributed by atoms with Gasteiger partial charge in [0.2, 0.25) is 0 Å². The topological polar surface area (TPSA) is 63.6 Å². The van der Waals surface area contributed by atoms with E-state index in [1.54, 1.807) is 12.4 Å². The second-order valence-corrected chi connectivity index (χ2v) is 7.61. The van der Waals surface area contributed by atoms with Crippen molar-refractivity contribution in [1.29, 1.82) is 0 Å². The van der Waals surface area contributed by atoms with E-state index in [-0.39, 0.29) is 0 Å². The number of pyridine rings is 2. The number of aromatic nitrogens is 4. The van der Waals surface area contributed by atoms with Crippen LogP contribution in [0.2, 0.25) is 5.15 Å². The molecule has 0 spiro atoms. The molecule has 28 heavy (non-hydrogen) atoms. The molecule has 0 saturated heterocycles. The number of rotatable bonds is 7. The van der Waals surface area contributed by atoms with Gasteiger partial charge in [0.25, 0.3) is 0 Å². The van der Waals surface area contributed by atoms with Crippen molar-refractivity contribution in [1.82, 2.24) is 19.9 Å². The zero-order chi connectivity index (χ0) is 19.2. The Morgan fingerprint density at radius 1 is 0.964 bits per heavy atom. The molecular weight excluding hydrogens is 390 g/mol. The average molecular weight is 408 g/mol. The summed E-state index contributed by atoms with van der Waals surface area (Å²) in [5, 5.41) is 5.01. The van der Waals surface area contributed by atoms with Gasteiger partial charge in [-0.1, -0.05) is 29.8 Å². The van der Waals surface area contributed by atoms with Crippen LogP contribution in [0.5, 0.6) is 0 Å². The average Bonchev–Trinajstić information content (AvgIpc) is 2.75. The van der Waals surface area contributed by atoms with E-state index in [1.807, 2.05) is 66.5 Å². The normalized spacial score (nSPS) is 10.9. The fraction of sp³-hybridized carbons (Fsp3) is 0.143. The van der Waals surface area contributed by atoms with Gasteiger partial charge in [-0.2, -0.15) is 11.8 Å². The Morgan fingerprint density at radius 2 is 1.82 bits per heavy atom. The van der Waals surface area contributed by atoms with Crippen LogP contribution in [0, 0.1) is 0 Å². The van der Waals surface area contributed by atoms with E-state index < -0.39 is 0 Å². The maximum absolute atomic E-state index is 5.82. The van der Waals surface area contributed by atoms with Gasteiger partial charge in [0.05, 0.1) is 5.52 Å². The van der Waals surface area contributed by atoms with Gasteiger partial charge in [-0.05, 0) is 35.9 Å². The molecular formula is C21H18ClN5S. The van der Waals surface area contributed by atoms with Gasteiger partial charge in [-0.25, -0.2) is 15.0 Å². The summed E-state index contributed by atoms with van der Waals surface area (Å²) in [6, 6.07) is 15.7. The van der Waals surface area contributed by atoms with Crippen LogP contribution < -0.4 is 5.32 Å². The summed E-state index contributed by atoms with van der Waals surface area (Å²) in [6.45, 7) is 0.808. The van der Waals surface area contributed by atoms with Crippen LogP contribution >= 0.6 is 23.4 Å². The van der Waals surface area contributed by atoms with Crippen LogP contribution in [-0.2, 0) is 5.75 Å². The van der Waals surface area contributed by atoms with Gasteiger partial charge in [0, 0.05) is 47.6 Å². The molecule has 0 aliphatic rings. The van der Waals surface area contributed by atoms with Crippen molar-refractivity contribution in [2.45, 2.75) is 5.75 Å². The first kappa shape index (κ1) is 18.7. The van der Waals surface area contributed by atoms with Crippen molar-refractivity contribution in [3.63, 3.8) is 0 Å². The third-order valence-electron chi connectivity index (χ3n) is 4.14. The first-order valence-electron chi connectivity index (χ1n) is 8.89. The maximum atomic E-state index is 5.82. The summed E-state index contributed by atoms with van der Waals surface area (Å²) >= 11 is 7.66. The molecule has 0 saturated carbocycles. The highest BCUT2D eigenvalue weighted by molar-refractivity contribution is 7.98. The van der Waals surface area contributed by atoms with Gasteiger partial charge in [-0.15, -0.1) is 0 Å². The van der Waals surface area contributed by atoms with Crippen LogP contribution in [0.4, 0.5) is 5.82 Å². The van der Waals surface area contributed by atoms with E-state index in [4.69, 9.17) is 21.6 Å². The molecule has 0 bridgehead atoms. The fourth-order valence-electron chi connectivity index (χ4n) is 2.76. The minimum atomic E-state index is 0.524. The monoisotopic (exact) mass is 407 g/mol. The van der Waals surface area contributed by atoms with Crippen molar-refractivity contribution in [2.24, 2.45) is 0 Å². The van der Waals surface area contributed by atoms with Gasteiger partial charge in [0.15, 0.2) is 5.82 Å². The molecule has 0 fully saturated rings. The lowest BCUT2D eigenvalue weighted by atomic mass is 10.2. The van der Waals surface area contributed by atoms with E-state index in [2.05, 4.69) is 15.3 Å². The van der Waals surface area contributed by atoms with Crippen molar-refractivity contribution in [3.05, 3.63) is 77.8 Å². The van der Waals surface area contributed by atoms with Crippen LogP contribution in [-0.4, -0.2) is 32.2 Å². The smallest absolute Gasteiger partial charge is 0.162 e. The standard InChI is InChI=1S/C21H18ClN5S/c22-19-6-5-15(13-25-19)14-28-12-11-24-21-17-3-1-2-4-18(17)26-20(27-21)16-7-9-23-10-8-16/h1-10,13H,11-12,14H2,(H,24,26,27).